The fraction of sp³-hybridized carbons (Fsp3) is 0. The molecule has 1 rings (SSSR count). The van der Waals surface area contributed by atoms with Gasteiger partial charge in [-0.1, -0.05) is 6.07 Å². The van der Waals surface area contributed by atoms with E-state index in [-0.39, 0.29) is 10.6 Å². The van der Waals surface area contributed by atoms with Gasteiger partial charge in [-0.05, 0) is 18.2 Å². The van der Waals surface area contributed by atoms with Crippen molar-refractivity contribution in [1.29, 1.82) is 0 Å². The van der Waals surface area contributed by atoms with Gasteiger partial charge in [0, 0.05) is 0 Å². The molecule has 1 aromatic rings. The van der Waals surface area contributed by atoms with Crippen LogP contribution in [0.1, 0.15) is 0 Å². The molecule has 4 N–H and O–H groups in total. The van der Waals surface area contributed by atoms with Crippen LogP contribution < -0.4 is 10.9 Å². The number of carbonyl (C=O) groups is 1. The molecular weight excluding hydrogens is 224 g/mol. The minimum absolute atomic E-state index is 0.201. The largest absolute Gasteiger partial charge is 0.464 e. The maximum atomic E-state index is 10.7. The average molecular weight is 232 g/mol. The van der Waals surface area contributed by atoms with Crippen LogP contribution >= 0.6 is 0 Å². The Hall–Kier alpha value is -1.80. The van der Waals surface area contributed by atoms with E-state index in [9.17, 15) is 13.2 Å². The maximum Gasteiger partial charge on any atom is 0.423 e. The van der Waals surface area contributed by atoms with Crippen LogP contribution in [0.2, 0.25) is 0 Å². The molecule has 82 valence electrons. The minimum atomic E-state index is -4.28. The first-order valence-corrected chi connectivity index (χ1v) is 5.16. The van der Waals surface area contributed by atoms with Gasteiger partial charge in [0.15, 0.2) is 0 Å². The molecule has 0 spiro atoms. The number of benzene rings is 1. The molecule has 0 saturated heterocycles. The molecule has 1 aromatic carbocycles. The summed E-state index contributed by atoms with van der Waals surface area (Å²) in [5.41, 5.74) is 4.26. The van der Waals surface area contributed by atoms with Gasteiger partial charge in [-0.2, -0.15) is 8.42 Å². The summed E-state index contributed by atoms with van der Waals surface area (Å²) in [6, 6.07) is 5.06. The second-order valence-corrected chi connectivity index (χ2v) is 3.98. The molecule has 0 aliphatic rings. The normalized spacial score (nSPS) is 10.7. The Morgan fingerprint density at radius 2 is 2.00 bits per heavy atom. The van der Waals surface area contributed by atoms with E-state index in [1.54, 1.807) is 0 Å². The van der Waals surface area contributed by atoms with Crippen molar-refractivity contribution in [2.75, 3.05) is 5.43 Å². The zero-order valence-electron chi connectivity index (χ0n) is 7.34. The van der Waals surface area contributed by atoms with Crippen molar-refractivity contribution < 1.29 is 22.9 Å². The number of rotatable bonds is 3. The predicted octanol–water partition coefficient (Wildman–Crippen LogP) is 0.528. The number of nitrogens with one attached hydrogen (secondary N) is 2. The lowest BCUT2D eigenvalue weighted by molar-refractivity contribution is 0.197. The summed E-state index contributed by atoms with van der Waals surface area (Å²) in [5.74, 6) is 0. The summed E-state index contributed by atoms with van der Waals surface area (Å²) in [6.07, 6.45) is -1.31. The van der Waals surface area contributed by atoms with Gasteiger partial charge in [0.05, 0.1) is 10.6 Å². The quantitative estimate of drug-likeness (QED) is 0.446. The number of hydrogen-bond acceptors (Lipinski definition) is 4. The highest BCUT2D eigenvalue weighted by molar-refractivity contribution is 7.85. The fourth-order valence-corrected chi connectivity index (χ4v) is 1.39. The van der Waals surface area contributed by atoms with E-state index < -0.39 is 16.2 Å². The lowest BCUT2D eigenvalue weighted by Gasteiger charge is -2.05. The molecule has 0 bridgehead atoms. The van der Waals surface area contributed by atoms with Crippen LogP contribution in [0.4, 0.5) is 10.5 Å². The van der Waals surface area contributed by atoms with Gasteiger partial charge in [0.25, 0.3) is 10.1 Å². The molecule has 8 heteroatoms. The molecule has 15 heavy (non-hydrogen) atoms. The lowest BCUT2D eigenvalue weighted by Crippen LogP contribution is -2.27. The summed E-state index contributed by atoms with van der Waals surface area (Å²) in [5, 5.41) is 8.26. The van der Waals surface area contributed by atoms with Crippen molar-refractivity contribution in [2.45, 2.75) is 4.90 Å². The molecule has 0 radical (unpaired) electrons. The van der Waals surface area contributed by atoms with Crippen molar-refractivity contribution >= 4 is 21.9 Å². The Balaban J connectivity index is 2.89. The monoisotopic (exact) mass is 232 g/mol. The van der Waals surface area contributed by atoms with Crippen molar-refractivity contribution in [1.82, 2.24) is 5.43 Å². The first kappa shape index (κ1) is 11.3. The summed E-state index contributed by atoms with van der Waals surface area (Å²) in [6.45, 7) is 0. The first-order valence-electron chi connectivity index (χ1n) is 3.72. The van der Waals surface area contributed by atoms with Crippen LogP contribution in [-0.4, -0.2) is 24.2 Å². The van der Waals surface area contributed by atoms with E-state index in [0.717, 1.165) is 6.07 Å². The molecule has 0 unspecified atom stereocenters. The molecule has 0 saturated carbocycles. The van der Waals surface area contributed by atoms with Crippen molar-refractivity contribution in [2.24, 2.45) is 0 Å². The third kappa shape index (κ3) is 3.44. The van der Waals surface area contributed by atoms with Gasteiger partial charge in [0.1, 0.15) is 0 Å². The van der Waals surface area contributed by atoms with Gasteiger partial charge >= 0.3 is 6.09 Å². The van der Waals surface area contributed by atoms with E-state index >= 15 is 0 Å². The van der Waals surface area contributed by atoms with Gasteiger partial charge in [-0.15, -0.1) is 0 Å². The highest BCUT2D eigenvalue weighted by Crippen LogP contribution is 2.13. The van der Waals surface area contributed by atoms with E-state index in [4.69, 9.17) is 9.66 Å². The number of hydrazine groups is 1. The first-order chi connectivity index (χ1) is 6.89. The van der Waals surface area contributed by atoms with E-state index in [1.165, 1.54) is 18.2 Å². The Bertz CT molecular complexity index is 470. The van der Waals surface area contributed by atoms with Gasteiger partial charge in [-0.3, -0.25) is 9.98 Å². The highest BCUT2D eigenvalue weighted by atomic mass is 32.2. The maximum absolute atomic E-state index is 10.7. The molecule has 0 aromatic heterocycles. The van der Waals surface area contributed by atoms with Crippen LogP contribution in [0, 0.1) is 0 Å². The van der Waals surface area contributed by atoms with Gasteiger partial charge < -0.3 is 5.11 Å². The lowest BCUT2D eigenvalue weighted by atomic mass is 10.3. The highest BCUT2D eigenvalue weighted by Gasteiger charge is 2.09. The van der Waals surface area contributed by atoms with Gasteiger partial charge in [-0.25, -0.2) is 10.2 Å². The summed E-state index contributed by atoms with van der Waals surface area (Å²) < 4.78 is 30.1. The Morgan fingerprint density at radius 1 is 1.33 bits per heavy atom. The number of amides is 1. The Kier molecular flexibility index (Phi) is 3.12. The SMILES string of the molecule is O=C(O)NNc1cccc(S(=O)(=O)O)c1. The molecule has 1 amide bonds. The summed E-state index contributed by atoms with van der Waals surface area (Å²) in [4.78, 5) is 9.79. The molecule has 0 atom stereocenters. The van der Waals surface area contributed by atoms with E-state index in [1.807, 2.05) is 5.43 Å². The van der Waals surface area contributed by atoms with Crippen LogP contribution in [0.3, 0.4) is 0 Å². The molecule has 0 aliphatic heterocycles. The summed E-state index contributed by atoms with van der Waals surface area (Å²) >= 11 is 0. The molecule has 0 aliphatic carbocycles. The predicted molar refractivity (Wildman–Crippen MR) is 51.0 cm³/mol. The molecule has 7 nitrogen and oxygen atoms in total. The number of hydrogen-bond donors (Lipinski definition) is 4. The topological polar surface area (TPSA) is 116 Å². The zero-order chi connectivity index (χ0) is 11.5. The second-order valence-electron chi connectivity index (χ2n) is 2.56. The summed E-state index contributed by atoms with van der Waals surface area (Å²) in [7, 11) is -4.28. The molecular formula is C7H8N2O5S. The van der Waals surface area contributed by atoms with Crippen LogP contribution in [0.15, 0.2) is 29.2 Å². The number of carboxylic acid groups (broad SMARTS) is 1. The third-order valence-corrected chi connectivity index (χ3v) is 2.30. The minimum Gasteiger partial charge on any atom is -0.464 e. The standard InChI is InChI=1S/C7H8N2O5S/c10-7(11)9-8-5-2-1-3-6(4-5)15(12,13)14/h1-4,8-9H,(H,10,11)(H,12,13,14). The Morgan fingerprint density at radius 3 is 2.53 bits per heavy atom. The molecule has 0 fully saturated rings. The zero-order valence-corrected chi connectivity index (χ0v) is 8.15. The van der Waals surface area contributed by atoms with Gasteiger partial charge in [0.2, 0.25) is 0 Å². The fourth-order valence-electron chi connectivity index (χ4n) is 0.860. The van der Waals surface area contributed by atoms with Crippen LogP contribution in [0.25, 0.3) is 0 Å². The van der Waals surface area contributed by atoms with Crippen LogP contribution in [-0.2, 0) is 10.1 Å². The Labute approximate surface area is 85.5 Å². The van der Waals surface area contributed by atoms with Crippen molar-refractivity contribution in [3.05, 3.63) is 24.3 Å². The van der Waals surface area contributed by atoms with Crippen molar-refractivity contribution in [3.63, 3.8) is 0 Å². The second kappa shape index (κ2) is 4.15. The van der Waals surface area contributed by atoms with Crippen molar-refractivity contribution in [3.8, 4) is 0 Å². The van der Waals surface area contributed by atoms with E-state index in [0.29, 0.717) is 0 Å². The average Bonchev–Trinajstić information content (AvgIpc) is 2.14. The smallest absolute Gasteiger partial charge is 0.423 e. The number of anilines is 1. The third-order valence-electron chi connectivity index (χ3n) is 1.45. The van der Waals surface area contributed by atoms with Crippen LogP contribution in [0.5, 0.6) is 0 Å². The van der Waals surface area contributed by atoms with E-state index in [2.05, 4.69) is 5.43 Å². The molecule has 0 heterocycles.